The number of rotatable bonds is 5. The second kappa shape index (κ2) is 4.82. The van der Waals surface area contributed by atoms with Gasteiger partial charge in [-0.05, 0) is 19.3 Å². The van der Waals surface area contributed by atoms with Crippen LogP contribution < -0.4 is 5.73 Å². The van der Waals surface area contributed by atoms with Crippen molar-refractivity contribution < 1.29 is 8.42 Å². The van der Waals surface area contributed by atoms with E-state index in [0.29, 0.717) is 5.92 Å². The molecule has 0 aliphatic heterocycles. The normalized spacial score (nSPS) is 15.1. The Bertz CT molecular complexity index is 207. The molecule has 0 fully saturated rings. The molecule has 0 aliphatic carbocycles. The van der Waals surface area contributed by atoms with Gasteiger partial charge in [0.15, 0.2) is 9.84 Å². The molecule has 0 heterocycles. The predicted molar refractivity (Wildman–Crippen MR) is 51.8 cm³/mol. The topological polar surface area (TPSA) is 60.2 Å². The quantitative estimate of drug-likeness (QED) is 0.702. The van der Waals surface area contributed by atoms with Crippen LogP contribution in [-0.2, 0) is 9.84 Å². The minimum Gasteiger partial charge on any atom is -0.327 e. The number of hydrogen-bond donors (Lipinski definition) is 1. The van der Waals surface area contributed by atoms with Crippen molar-refractivity contribution in [2.24, 2.45) is 11.7 Å². The molecule has 0 bridgehead atoms. The first kappa shape index (κ1) is 11.9. The van der Waals surface area contributed by atoms with Crippen molar-refractivity contribution in [2.45, 2.75) is 33.2 Å². The largest absolute Gasteiger partial charge is 0.327 e. The van der Waals surface area contributed by atoms with Gasteiger partial charge >= 0.3 is 0 Å². The highest BCUT2D eigenvalue weighted by atomic mass is 32.2. The van der Waals surface area contributed by atoms with E-state index < -0.39 is 9.84 Å². The van der Waals surface area contributed by atoms with Gasteiger partial charge in [0.25, 0.3) is 0 Å². The third-order valence-electron chi connectivity index (χ3n) is 1.52. The SMILES string of the molecule is CC(C)CCS(=O)(=O)CC(C)N. The average Bonchev–Trinajstić information content (AvgIpc) is 1.81. The monoisotopic (exact) mass is 193 g/mol. The van der Waals surface area contributed by atoms with Gasteiger partial charge in [-0.15, -0.1) is 0 Å². The van der Waals surface area contributed by atoms with E-state index in [-0.39, 0.29) is 17.5 Å². The lowest BCUT2D eigenvalue weighted by Gasteiger charge is -2.08. The molecule has 0 radical (unpaired) electrons. The Labute approximate surface area is 75.3 Å². The second-order valence-electron chi connectivity index (χ2n) is 3.77. The lowest BCUT2D eigenvalue weighted by atomic mass is 10.2. The van der Waals surface area contributed by atoms with E-state index in [1.165, 1.54) is 0 Å². The van der Waals surface area contributed by atoms with Crippen molar-refractivity contribution in [2.75, 3.05) is 11.5 Å². The van der Waals surface area contributed by atoms with Gasteiger partial charge in [-0.2, -0.15) is 0 Å². The van der Waals surface area contributed by atoms with E-state index in [0.717, 1.165) is 6.42 Å². The van der Waals surface area contributed by atoms with Gasteiger partial charge in [0, 0.05) is 6.04 Å². The summed E-state index contributed by atoms with van der Waals surface area (Å²) < 4.78 is 22.5. The molecule has 0 spiro atoms. The zero-order valence-electron chi connectivity index (χ0n) is 8.08. The van der Waals surface area contributed by atoms with Gasteiger partial charge in [-0.25, -0.2) is 8.42 Å². The molecule has 74 valence electrons. The lowest BCUT2D eigenvalue weighted by Crippen LogP contribution is -2.28. The number of sulfone groups is 1. The summed E-state index contributed by atoms with van der Waals surface area (Å²) in [4.78, 5) is 0. The fourth-order valence-electron chi connectivity index (χ4n) is 0.899. The molecule has 4 heteroatoms. The average molecular weight is 193 g/mol. The van der Waals surface area contributed by atoms with Crippen LogP contribution in [0.1, 0.15) is 27.2 Å². The molecule has 0 aliphatic rings. The Hall–Kier alpha value is -0.0900. The smallest absolute Gasteiger partial charge is 0.151 e. The molecule has 0 aromatic heterocycles. The van der Waals surface area contributed by atoms with Gasteiger partial charge in [-0.1, -0.05) is 13.8 Å². The molecular weight excluding hydrogens is 174 g/mol. The summed E-state index contributed by atoms with van der Waals surface area (Å²) in [5.41, 5.74) is 5.41. The van der Waals surface area contributed by atoms with Gasteiger partial charge in [0.2, 0.25) is 0 Å². The molecular formula is C8H19NO2S. The van der Waals surface area contributed by atoms with Crippen LogP contribution in [0.4, 0.5) is 0 Å². The molecule has 0 amide bonds. The van der Waals surface area contributed by atoms with E-state index in [9.17, 15) is 8.42 Å². The van der Waals surface area contributed by atoms with Crippen LogP contribution in [0.3, 0.4) is 0 Å². The van der Waals surface area contributed by atoms with Crippen molar-refractivity contribution in [3.63, 3.8) is 0 Å². The second-order valence-corrected chi connectivity index (χ2v) is 6.00. The highest BCUT2D eigenvalue weighted by molar-refractivity contribution is 7.91. The van der Waals surface area contributed by atoms with Crippen LogP contribution in [0.25, 0.3) is 0 Å². The minimum absolute atomic E-state index is 0.111. The molecule has 1 atom stereocenters. The third-order valence-corrected chi connectivity index (χ3v) is 3.41. The highest BCUT2D eigenvalue weighted by Crippen LogP contribution is 2.04. The van der Waals surface area contributed by atoms with E-state index in [2.05, 4.69) is 0 Å². The number of nitrogens with two attached hydrogens (primary N) is 1. The van der Waals surface area contributed by atoms with E-state index in [4.69, 9.17) is 5.73 Å². The molecule has 2 N–H and O–H groups in total. The molecule has 12 heavy (non-hydrogen) atoms. The summed E-state index contributed by atoms with van der Waals surface area (Å²) in [7, 11) is -2.90. The molecule has 1 unspecified atom stereocenters. The summed E-state index contributed by atoms with van der Waals surface area (Å²) in [6, 6.07) is -0.248. The maximum Gasteiger partial charge on any atom is 0.151 e. The summed E-state index contributed by atoms with van der Waals surface area (Å²) in [6.07, 6.45) is 0.731. The zero-order chi connectivity index (χ0) is 9.78. The van der Waals surface area contributed by atoms with E-state index >= 15 is 0 Å². The first-order valence-corrected chi connectivity index (χ1v) is 6.11. The molecule has 0 aromatic rings. The highest BCUT2D eigenvalue weighted by Gasteiger charge is 2.13. The van der Waals surface area contributed by atoms with Crippen molar-refractivity contribution in [3.8, 4) is 0 Å². The first-order valence-electron chi connectivity index (χ1n) is 4.29. The lowest BCUT2D eigenvalue weighted by molar-refractivity contribution is 0.569. The van der Waals surface area contributed by atoms with Crippen LogP contribution in [0.15, 0.2) is 0 Å². The standard InChI is InChI=1S/C8H19NO2S/c1-7(2)4-5-12(10,11)6-8(3)9/h7-8H,4-6,9H2,1-3H3. The fourth-order valence-corrected chi connectivity index (χ4v) is 2.70. The summed E-state index contributed by atoms with van der Waals surface area (Å²) in [5, 5.41) is 0. The zero-order valence-corrected chi connectivity index (χ0v) is 8.89. The van der Waals surface area contributed by atoms with Crippen LogP contribution in [0, 0.1) is 5.92 Å². The predicted octanol–water partition coefficient (Wildman–Crippen LogP) is 0.794. The van der Waals surface area contributed by atoms with Crippen LogP contribution in [0.5, 0.6) is 0 Å². The van der Waals surface area contributed by atoms with Gasteiger partial charge in [0.1, 0.15) is 0 Å². The van der Waals surface area contributed by atoms with Gasteiger partial charge in [-0.3, -0.25) is 0 Å². The molecule has 0 aromatic carbocycles. The maximum atomic E-state index is 11.3. The fraction of sp³-hybridized carbons (Fsp3) is 1.00. The summed E-state index contributed by atoms with van der Waals surface area (Å²) in [5.74, 6) is 0.819. The molecule has 3 nitrogen and oxygen atoms in total. The maximum absolute atomic E-state index is 11.3. The third kappa shape index (κ3) is 6.61. The van der Waals surface area contributed by atoms with Crippen LogP contribution >= 0.6 is 0 Å². The first-order chi connectivity index (χ1) is 5.33. The molecule has 0 rings (SSSR count). The molecule has 0 saturated heterocycles. The van der Waals surface area contributed by atoms with Gasteiger partial charge in [0.05, 0.1) is 11.5 Å². The van der Waals surface area contributed by atoms with Crippen LogP contribution in [0.2, 0.25) is 0 Å². The minimum atomic E-state index is -2.90. The van der Waals surface area contributed by atoms with E-state index in [1.807, 2.05) is 13.8 Å². The van der Waals surface area contributed by atoms with Crippen molar-refractivity contribution >= 4 is 9.84 Å². The Kier molecular flexibility index (Phi) is 4.78. The van der Waals surface area contributed by atoms with Crippen molar-refractivity contribution in [1.82, 2.24) is 0 Å². The summed E-state index contributed by atoms with van der Waals surface area (Å²) in [6.45, 7) is 5.75. The van der Waals surface area contributed by atoms with Crippen LogP contribution in [-0.4, -0.2) is 26.0 Å². The van der Waals surface area contributed by atoms with Crippen molar-refractivity contribution in [3.05, 3.63) is 0 Å². The van der Waals surface area contributed by atoms with Gasteiger partial charge < -0.3 is 5.73 Å². The Morgan fingerprint density at radius 3 is 2.08 bits per heavy atom. The van der Waals surface area contributed by atoms with E-state index in [1.54, 1.807) is 6.92 Å². The summed E-state index contributed by atoms with van der Waals surface area (Å²) >= 11 is 0. The van der Waals surface area contributed by atoms with Crippen molar-refractivity contribution in [1.29, 1.82) is 0 Å². The Morgan fingerprint density at radius 2 is 1.75 bits per heavy atom. The Balaban J connectivity index is 3.89. The molecule has 0 saturated carbocycles. The number of hydrogen-bond acceptors (Lipinski definition) is 3. The Morgan fingerprint density at radius 1 is 1.25 bits per heavy atom.